The summed E-state index contributed by atoms with van der Waals surface area (Å²) in [6, 6.07) is 7.95. The van der Waals surface area contributed by atoms with Crippen LogP contribution in [0.4, 0.5) is 15.8 Å². The highest BCUT2D eigenvalue weighted by atomic mass is 19.1. The van der Waals surface area contributed by atoms with Gasteiger partial charge < -0.3 is 9.47 Å². The van der Waals surface area contributed by atoms with Gasteiger partial charge in [-0.1, -0.05) is 6.07 Å². The van der Waals surface area contributed by atoms with Gasteiger partial charge in [0.2, 0.25) is 6.23 Å². The van der Waals surface area contributed by atoms with E-state index in [1.807, 2.05) is 6.07 Å². The van der Waals surface area contributed by atoms with Crippen LogP contribution in [0.2, 0.25) is 0 Å². The monoisotopic (exact) mass is 451 g/mol. The lowest BCUT2D eigenvalue weighted by Crippen LogP contribution is -2.41. The summed E-state index contributed by atoms with van der Waals surface area (Å²) in [5, 5.41) is 0. The second kappa shape index (κ2) is 8.31. The molecule has 2 aliphatic heterocycles. The van der Waals surface area contributed by atoms with Crippen molar-refractivity contribution >= 4 is 29.2 Å². The summed E-state index contributed by atoms with van der Waals surface area (Å²) >= 11 is 0. The zero-order valence-corrected chi connectivity index (χ0v) is 18.0. The predicted molar refractivity (Wildman–Crippen MR) is 116 cm³/mol. The van der Waals surface area contributed by atoms with Gasteiger partial charge in [-0.05, 0) is 43.9 Å². The number of benzene rings is 1. The molecule has 1 atom stereocenters. The topological polar surface area (TPSA) is 89.0 Å². The minimum absolute atomic E-state index is 0.0660. The average molecular weight is 451 g/mol. The Hall–Kier alpha value is -3.75. The van der Waals surface area contributed by atoms with Crippen LogP contribution in [-0.4, -0.2) is 35.6 Å². The molecule has 0 N–H and O–H groups in total. The van der Waals surface area contributed by atoms with Crippen LogP contribution in [0.15, 0.2) is 47.7 Å². The van der Waals surface area contributed by atoms with E-state index in [1.54, 1.807) is 18.3 Å². The molecule has 1 unspecified atom stereocenters. The van der Waals surface area contributed by atoms with Crippen molar-refractivity contribution in [3.05, 3.63) is 59.2 Å². The van der Waals surface area contributed by atoms with Crippen LogP contribution in [0.25, 0.3) is 0 Å². The third-order valence-corrected chi connectivity index (χ3v) is 6.07. The van der Waals surface area contributed by atoms with E-state index in [1.165, 1.54) is 22.8 Å². The molecule has 1 aromatic heterocycles. The molecule has 1 aliphatic carbocycles. The predicted octanol–water partition coefficient (Wildman–Crippen LogP) is 3.25. The first-order valence-corrected chi connectivity index (χ1v) is 10.8. The number of hydrogen-bond acceptors (Lipinski definition) is 6. The number of nitrogens with zero attached hydrogens (tertiary/aromatic N) is 3. The van der Waals surface area contributed by atoms with Gasteiger partial charge in [-0.2, -0.15) is 0 Å². The first kappa shape index (κ1) is 21.1. The number of fused-ring (bicyclic) bond motifs is 1. The van der Waals surface area contributed by atoms with Crippen LogP contribution in [0.5, 0.6) is 5.75 Å². The number of carbonyl (C=O) groups is 3. The fourth-order valence-electron chi connectivity index (χ4n) is 4.59. The largest absolute Gasteiger partial charge is 0.481 e. The normalized spacial score (nSPS) is 19.9. The average Bonchev–Trinajstić information content (AvgIpc) is 3.07. The molecule has 2 aromatic rings. The fourth-order valence-corrected chi connectivity index (χ4v) is 4.59. The molecule has 8 nitrogen and oxygen atoms in total. The Morgan fingerprint density at radius 2 is 2.03 bits per heavy atom. The molecule has 0 spiro atoms. The first-order valence-electron chi connectivity index (χ1n) is 10.8. The Morgan fingerprint density at radius 1 is 1.21 bits per heavy atom. The van der Waals surface area contributed by atoms with Crippen molar-refractivity contribution in [3.63, 3.8) is 0 Å². The van der Waals surface area contributed by atoms with Gasteiger partial charge in [-0.3, -0.25) is 29.2 Å². The standard InChI is InChI=1S/C24H22FN3O5/c1-14(29)33-24-17-8-3-2-7-16(17)23(31)28(24)19-11-20-21(10-18(19)25)32-13-22(30)27(20)12-15-6-4-5-9-26-15/h4-6,9-11,24H,2-3,7-8,12-13H2,1H3. The third kappa shape index (κ3) is 3.73. The Morgan fingerprint density at radius 3 is 2.79 bits per heavy atom. The molecule has 33 heavy (non-hydrogen) atoms. The van der Waals surface area contributed by atoms with Gasteiger partial charge in [0.1, 0.15) is 5.75 Å². The van der Waals surface area contributed by atoms with Crippen molar-refractivity contribution in [2.24, 2.45) is 0 Å². The highest BCUT2D eigenvalue weighted by Crippen LogP contribution is 2.44. The van der Waals surface area contributed by atoms with E-state index < -0.39 is 18.0 Å². The zero-order valence-electron chi connectivity index (χ0n) is 18.0. The van der Waals surface area contributed by atoms with Gasteiger partial charge >= 0.3 is 5.97 Å². The fraction of sp³-hybridized carbons (Fsp3) is 0.333. The molecule has 0 radical (unpaired) electrons. The van der Waals surface area contributed by atoms with E-state index in [4.69, 9.17) is 9.47 Å². The summed E-state index contributed by atoms with van der Waals surface area (Å²) in [6.45, 7) is 1.19. The van der Waals surface area contributed by atoms with Crippen molar-refractivity contribution in [3.8, 4) is 5.75 Å². The van der Waals surface area contributed by atoms with E-state index in [0.29, 0.717) is 29.8 Å². The van der Waals surface area contributed by atoms with Gasteiger partial charge in [0, 0.05) is 30.3 Å². The minimum Gasteiger partial charge on any atom is -0.481 e. The molecule has 0 fully saturated rings. The van der Waals surface area contributed by atoms with E-state index >= 15 is 4.39 Å². The molecule has 3 heterocycles. The summed E-state index contributed by atoms with van der Waals surface area (Å²) in [7, 11) is 0. The number of rotatable bonds is 4. The lowest BCUT2D eigenvalue weighted by molar-refractivity contribution is -0.144. The number of aromatic nitrogens is 1. The van der Waals surface area contributed by atoms with Gasteiger partial charge in [-0.25, -0.2) is 4.39 Å². The summed E-state index contributed by atoms with van der Waals surface area (Å²) in [5.41, 5.74) is 2.20. The van der Waals surface area contributed by atoms with Gasteiger partial charge in [-0.15, -0.1) is 0 Å². The Kier molecular flexibility index (Phi) is 5.32. The van der Waals surface area contributed by atoms with Gasteiger partial charge in [0.15, 0.2) is 12.4 Å². The number of hydrogen-bond donors (Lipinski definition) is 0. The summed E-state index contributed by atoms with van der Waals surface area (Å²) in [4.78, 5) is 44.7. The van der Waals surface area contributed by atoms with Crippen LogP contribution in [0.3, 0.4) is 0 Å². The SMILES string of the molecule is CC(=O)OC1C2=C(CCCC2)C(=O)N1c1cc2c(cc1F)OCC(=O)N2Cc1ccccn1. The van der Waals surface area contributed by atoms with Crippen LogP contribution >= 0.6 is 0 Å². The lowest BCUT2D eigenvalue weighted by Gasteiger charge is -2.32. The second-order valence-corrected chi connectivity index (χ2v) is 8.21. The second-order valence-electron chi connectivity index (χ2n) is 8.21. The Labute approximate surface area is 189 Å². The van der Waals surface area contributed by atoms with Crippen molar-refractivity contribution in [1.29, 1.82) is 0 Å². The number of pyridine rings is 1. The molecule has 5 rings (SSSR count). The summed E-state index contributed by atoms with van der Waals surface area (Å²) < 4.78 is 26.2. The molecule has 9 heteroatoms. The molecular formula is C24H22FN3O5. The van der Waals surface area contributed by atoms with Crippen LogP contribution in [0, 0.1) is 5.82 Å². The molecule has 170 valence electrons. The zero-order chi connectivity index (χ0) is 23.1. The minimum atomic E-state index is -0.998. The number of carbonyl (C=O) groups excluding carboxylic acids is 3. The number of ether oxygens (including phenoxy) is 2. The molecule has 0 saturated heterocycles. The molecule has 2 amide bonds. The maximum Gasteiger partial charge on any atom is 0.304 e. The maximum atomic E-state index is 15.3. The molecular weight excluding hydrogens is 429 g/mol. The van der Waals surface area contributed by atoms with Crippen molar-refractivity contribution < 1.29 is 28.2 Å². The van der Waals surface area contributed by atoms with E-state index in [9.17, 15) is 14.4 Å². The number of esters is 1. The molecule has 3 aliphatic rings. The summed E-state index contributed by atoms with van der Waals surface area (Å²) in [6.07, 6.45) is 3.50. The quantitative estimate of drug-likeness (QED) is 0.663. The highest BCUT2D eigenvalue weighted by Gasteiger charge is 2.44. The maximum absolute atomic E-state index is 15.3. The summed E-state index contributed by atoms with van der Waals surface area (Å²) in [5.74, 6) is -1.77. The van der Waals surface area contributed by atoms with Crippen molar-refractivity contribution in [2.75, 3.05) is 16.4 Å². The van der Waals surface area contributed by atoms with E-state index in [0.717, 1.165) is 24.5 Å². The molecule has 0 bridgehead atoms. The van der Waals surface area contributed by atoms with Crippen molar-refractivity contribution in [1.82, 2.24) is 4.98 Å². The van der Waals surface area contributed by atoms with Gasteiger partial charge in [0.25, 0.3) is 11.8 Å². The number of halogens is 1. The van der Waals surface area contributed by atoms with E-state index in [2.05, 4.69) is 4.98 Å². The van der Waals surface area contributed by atoms with Crippen LogP contribution in [0.1, 0.15) is 38.3 Å². The highest BCUT2D eigenvalue weighted by molar-refractivity contribution is 6.11. The van der Waals surface area contributed by atoms with Crippen LogP contribution < -0.4 is 14.5 Å². The smallest absolute Gasteiger partial charge is 0.304 e. The van der Waals surface area contributed by atoms with E-state index in [-0.39, 0.29) is 36.4 Å². The molecule has 1 aromatic carbocycles. The lowest BCUT2D eigenvalue weighted by atomic mass is 9.93. The van der Waals surface area contributed by atoms with Crippen molar-refractivity contribution in [2.45, 2.75) is 45.4 Å². The third-order valence-electron chi connectivity index (χ3n) is 6.07. The Bertz CT molecular complexity index is 1180. The van der Waals surface area contributed by atoms with Gasteiger partial charge in [0.05, 0.1) is 23.6 Å². The number of amides is 2. The number of anilines is 2. The van der Waals surface area contributed by atoms with Crippen LogP contribution in [-0.2, 0) is 25.7 Å². The first-order chi connectivity index (χ1) is 15.9. The Balaban J connectivity index is 1.57. The molecule has 0 saturated carbocycles.